The molecule has 3 aromatic carbocycles. The number of carbonyl (C=O) groups is 3. The lowest BCUT2D eigenvalue weighted by atomic mass is 9.53. The van der Waals surface area contributed by atoms with E-state index in [0.717, 1.165) is 104 Å². The first-order valence-corrected chi connectivity index (χ1v) is 34.1. The van der Waals surface area contributed by atoms with Gasteiger partial charge in [0.1, 0.15) is 24.6 Å². The molecule has 12 aliphatic rings. The SMILES string of the molecule is CC(C)(C)OC(=O)c1ccc(NC23CC4CC(CC(C4)C2)C3)c(N=Cc2cncnc2)c1.CC(C)OC(=O)c1ccc(NC23CC4CC(CC(C4)C2)C3)c(N=Cc2cncnc2)c1.CCOC(=O)c1ccc(NC23CC4CC(CC(C4)C2)C3)c(N=Cc2cncnc2)c1. The van der Waals surface area contributed by atoms with Gasteiger partial charge in [-0.1, -0.05) is 0 Å². The van der Waals surface area contributed by atoms with Crippen LogP contribution in [0.5, 0.6) is 0 Å². The average Bonchev–Trinajstić information content (AvgIpc) is 0.788. The average molecular weight is 1260 g/mol. The third-order valence-electron chi connectivity index (χ3n) is 20.8. The highest BCUT2D eigenvalue weighted by Crippen LogP contribution is 2.60. The number of carbonyl (C=O) groups excluding carboxylic acids is 3. The van der Waals surface area contributed by atoms with Crippen LogP contribution in [0.2, 0.25) is 0 Å². The summed E-state index contributed by atoms with van der Waals surface area (Å²) in [5, 5.41) is 11.7. The summed E-state index contributed by atoms with van der Waals surface area (Å²) in [6.45, 7) is 11.5. The molecule has 93 heavy (non-hydrogen) atoms. The van der Waals surface area contributed by atoms with Crippen LogP contribution in [0.15, 0.2) is 126 Å². The molecule has 12 fully saturated rings. The Bertz CT molecular complexity index is 3630. The number of aliphatic imine (C=N–C) groups is 3. The van der Waals surface area contributed by atoms with E-state index in [4.69, 9.17) is 29.2 Å². The van der Waals surface area contributed by atoms with Crippen LogP contribution >= 0.6 is 0 Å². The van der Waals surface area contributed by atoms with E-state index < -0.39 is 5.60 Å². The second-order valence-corrected chi connectivity index (χ2v) is 30.1. The molecule has 0 aliphatic heterocycles. The minimum atomic E-state index is -0.544. The van der Waals surface area contributed by atoms with Gasteiger partial charge in [-0.2, -0.15) is 0 Å². The minimum Gasteiger partial charge on any atom is -0.462 e. The van der Waals surface area contributed by atoms with Gasteiger partial charge in [0.05, 0.1) is 63.5 Å². The summed E-state index contributed by atoms with van der Waals surface area (Å²) in [4.78, 5) is 75.9. The summed E-state index contributed by atoms with van der Waals surface area (Å²) in [6, 6.07) is 17.0. The van der Waals surface area contributed by atoms with E-state index in [1.165, 1.54) is 135 Å². The molecule has 3 N–H and O–H groups in total. The zero-order chi connectivity index (χ0) is 64.3. The van der Waals surface area contributed by atoms with Gasteiger partial charge in [0.15, 0.2) is 0 Å². The Morgan fingerprint density at radius 1 is 0.462 bits per heavy atom. The second kappa shape index (κ2) is 27.0. The number of anilines is 3. The molecule has 0 atom stereocenters. The van der Waals surface area contributed by atoms with Crippen LogP contribution in [-0.2, 0) is 14.2 Å². The highest BCUT2D eigenvalue weighted by Gasteiger charge is 2.53. The lowest BCUT2D eigenvalue weighted by Gasteiger charge is -2.57. The Morgan fingerprint density at radius 3 is 1.01 bits per heavy atom. The molecular weight excluding hydrogens is 1160 g/mol. The van der Waals surface area contributed by atoms with Gasteiger partial charge >= 0.3 is 17.9 Å². The van der Waals surface area contributed by atoms with E-state index in [-0.39, 0.29) is 40.6 Å². The van der Waals surface area contributed by atoms with Crippen LogP contribution in [0.4, 0.5) is 34.1 Å². The van der Waals surface area contributed by atoms with Gasteiger partial charge in [-0.05, 0) is 265 Å². The fourth-order valence-corrected chi connectivity index (χ4v) is 18.7. The van der Waals surface area contributed by atoms with E-state index in [0.29, 0.717) is 23.3 Å². The summed E-state index contributed by atoms with van der Waals surface area (Å²) in [6.07, 6.45) is 43.7. The van der Waals surface area contributed by atoms with Crippen molar-refractivity contribution in [2.24, 2.45) is 68.2 Å². The number of benzene rings is 3. The first-order valence-electron chi connectivity index (χ1n) is 34.1. The largest absolute Gasteiger partial charge is 0.462 e. The Hall–Kier alpha value is -8.28. The molecule has 486 valence electrons. The Labute approximate surface area is 547 Å². The van der Waals surface area contributed by atoms with Crippen LogP contribution in [0.25, 0.3) is 0 Å². The van der Waals surface area contributed by atoms with E-state index >= 15 is 0 Å². The molecular formula is C75H90N12O6. The number of hydrogen-bond donors (Lipinski definition) is 3. The number of ether oxygens (including phenoxy) is 3. The van der Waals surface area contributed by atoms with E-state index in [1.807, 2.05) is 96.1 Å². The van der Waals surface area contributed by atoms with E-state index in [1.54, 1.807) is 55.8 Å². The molecule has 0 amide bonds. The Morgan fingerprint density at radius 2 is 0.742 bits per heavy atom. The Kier molecular flexibility index (Phi) is 18.4. The second-order valence-electron chi connectivity index (χ2n) is 30.1. The van der Waals surface area contributed by atoms with Gasteiger partial charge in [0, 0.05) is 89.1 Å². The van der Waals surface area contributed by atoms with Crippen molar-refractivity contribution in [1.82, 2.24) is 29.9 Å². The van der Waals surface area contributed by atoms with Gasteiger partial charge in [0.2, 0.25) is 0 Å². The number of nitrogens with one attached hydrogen (secondary N) is 3. The van der Waals surface area contributed by atoms with Crippen molar-refractivity contribution in [3.8, 4) is 0 Å². The first-order chi connectivity index (χ1) is 44.9. The smallest absolute Gasteiger partial charge is 0.338 e. The van der Waals surface area contributed by atoms with Crippen molar-refractivity contribution in [3.05, 3.63) is 144 Å². The predicted octanol–water partition coefficient (Wildman–Crippen LogP) is 15.5. The number of hydrogen-bond acceptors (Lipinski definition) is 18. The molecule has 3 aromatic heterocycles. The van der Waals surface area contributed by atoms with Crippen LogP contribution in [0.1, 0.15) is 205 Å². The zero-order valence-corrected chi connectivity index (χ0v) is 54.8. The number of rotatable bonds is 17. The van der Waals surface area contributed by atoms with Crippen LogP contribution in [0, 0.1) is 53.3 Å². The topological polar surface area (TPSA) is 229 Å². The summed E-state index contributed by atoms with van der Waals surface area (Å²) >= 11 is 0. The van der Waals surface area contributed by atoms with Gasteiger partial charge in [-0.3, -0.25) is 15.0 Å². The molecule has 18 heteroatoms. The summed E-state index contributed by atoms with van der Waals surface area (Å²) in [5.74, 6) is 6.71. The highest BCUT2D eigenvalue weighted by atomic mass is 16.6. The van der Waals surface area contributed by atoms with Crippen LogP contribution in [-0.4, -0.2) is 101 Å². The third-order valence-corrected chi connectivity index (χ3v) is 20.8. The number of esters is 3. The van der Waals surface area contributed by atoms with Gasteiger partial charge in [0.25, 0.3) is 0 Å². The van der Waals surface area contributed by atoms with Gasteiger partial charge in [-0.25, -0.2) is 44.3 Å². The molecule has 18 nitrogen and oxygen atoms in total. The summed E-state index contributed by atoms with van der Waals surface area (Å²) in [5.41, 5.74) is 9.12. The highest BCUT2D eigenvalue weighted by molar-refractivity contribution is 5.95. The van der Waals surface area contributed by atoms with Gasteiger partial charge < -0.3 is 30.2 Å². The molecule has 0 unspecified atom stereocenters. The molecule has 6 aromatic rings. The fraction of sp³-hybridized carbons (Fsp3) is 0.520. The maximum Gasteiger partial charge on any atom is 0.338 e. The van der Waals surface area contributed by atoms with Crippen molar-refractivity contribution in [2.75, 3.05) is 22.6 Å². The molecule has 3 heterocycles. The fourth-order valence-electron chi connectivity index (χ4n) is 18.7. The van der Waals surface area contributed by atoms with Crippen LogP contribution in [0.3, 0.4) is 0 Å². The zero-order valence-electron chi connectivity index (χ0n) is 54.8. The molecule has 12 bridgehead atoms. The quantitative estimate of drug-likeness (QED) is 0.0438. The maximum absolute atomic E-state index is 12.7. The molecule has 0 radical (unpaired) electrons. The lowest BCUT2D eigenvalue weighted by molar-refractivity contribution is 0.00679. The summed E-state index contributed by atoms with van der Waals surface area (Å²) in [7, 11) is 0. The molecule has 0 saturated heterocycles. The molecule has 12 saturated carbocycles. The number of aromatic nitrogens is 6. The third kappa shape index (κ3) is 15.5. The normalized spacial score (nSPS) is 29.0. The first kappa shape index (κ1) is 63.5. The maximum atomic E-state index is 12.7. The standard InChI is InChI=1S/C26H32N4O2.C25H30N4O2.C24H28N4O2/c1-25(2,3)32-24(31)21-4-5-22(23(9-21)29-15-20-13-27-16-28-14-20)30-26-10-17-6-18(11-26)8-19(7-17)12-26;1-16(2)31-24(30)21-3-4-22(23(8-21)28-14-20-12-26-15-27-13-20)29-25-9-17-5-18(10-25)7-19(6-17)11-25;1-2-30-23(29)20-3-4-21(22(8-20)27-14-19-12-25-15-26-13-19)28-24-9-16-5-17(10-24)7-18(6-16)11-24/h4-5,9,13-19,30H,6-8,10-12H2,1-3H3;3-4,8,12-19,29H,5-7,9-11H2,1-2H3;3-4,8,12-18,28H,2,5-7,9-11H2,1H3. The van der Waals surface area contributed by atoms with Crippen molar-refractivity contribution in [3.63, 3.8) is 0 Å². The van der Waals surface area contributed by atoms with Crippen molar-refractivity contribution in [2.45, 2.75) is 185 Å². The Balaban J connectivity index is 0.000000127. The van der Waals surface area contributed by atoms with Crippen molar-refractivity contribution >= 4 is 70.7 Å². The van der Waals surface area contributed by atoms with Gasteiger partial charge in [-0.15, -0.1) is 0 Å². The summed E-state index contributed by atoms with van der Waals surface area (Å²) < 4.78 is 16.2. The van der Waals surface area contributed by atoms with Crippen molar-refractivity contribution in [1.29, 1.82) is 0 Å². The minimum absolute atomic E-state index is 0.155. The molecule has 18 rings (SSSR count). The molecule has 12 aliphatic carbocycles. The number of nitrogens with zero attached hydrogens (tertiary/aromatic N) is 9. The predicted molar refractivity (Wildman–Crippen MR) is 362 cm³/mol. The monoisotopic (exact) mass is 1250 g/mol. The van der Waals surface area contributed by atoms with Crippen LogP contribution < -0.4 is 16.0 Å². The lowest BCUT2D eigenvalue weighted by Crippen LogP contribution is -2.54. The van der Waals surface area contributed by atoms with E-state index in [9.17, 15) is 14.4 Å². The van der Waals surface area contributed by atoms with E-state index in [2.05, 4.69) is 45.9 Å². The van der Waals surface area contributed by atoms with Crippen molar-refractivity contribution < 1.29 is 28.6 Å². The molecule has 0 spiro atoms.